The maximum atomic E-state index is 11.9. The largest absolute Gasteiger partial charge is 0.375 e. The Morgan fingerprint density at radius 1 is 1.50 bits per heavy atom. The van der Waals surface area contributed by atoms with Crippen molar-refractivity contribution in [2.45, 2.75) is 13.8 Å². The standard InChI is InChI=1S/C14H18ClNO2/c1-10(2)9-18-7-6-16-14(17)13-8-12(15)5-4-11(13)3/h4-5,8H,1,6-7,9H2,2-3H3,(H,16,17). The van der Waals surface area contributed by atoms with Crippen molar-refractivity contribution in [2.24, 2.45) is 0 Å². The van der Waals surface area contributed by atoms with Gasteiger partial charge in [0.1, 0.15) is 0 Å². The molecule has 0 spiro atoms. The summed E-state index contributed by atoms with van der Waals surface area (Å²) in [5.74, 6) is -0.131. The minimum atomic E-state index is -0.131. The number of carbonyl (C=O) groups excluding carboxylic acids is 1. The number of nitrogens with one attached hydrogen (secondary N) is 1. The summed E-state index contributed by atoms with van der Waals surface area (Å²) in [5.41, 5.74) is 2.47. The van der Waals surface area contributed by atoms with Crippen LogP contribution in [0.25, 0.3) is 0 Å². The smallest absolute Gasteiger partial charge is 0.251 e. The SMILES string of the molecule is C=C(C)COCCNC(=O)c1cc(Cl)ccc1C. The predicted molar refractivity (Wildman–Crippen MR) is 74.2 cm³/mol. The van der Waals surface area contributed by atoms with Crippen molar-refractivity contribution in [3.8, 4) is 0 Å². The van der Waals surface area contributed by atoms with E-state index in [9.17, 15) is 4.79 Å². The fourth-order valence-electron chi connectivity index (χ4n) is 1.42. The number of halogens is 1. The maximum Gasteiger partial charge on any atom is 0.251 e. The van der Waals surface area contributed by atoms with Crippen molar-refractivity contribution in [3.05, 3.63) is 46.5 Å². The molecule has 1 N–H and O–H groups in total. The van der Waals surface area contributed by atoms with E-state index < -0.39 is 0 Å². The molecule has 0 saturated carbocycles. The number of carbonyl (C=O) groups is 1. The second-order valence-electron chi connectivity index (χ2n) is 4.22. The third kappa shape index (κ3) is 4.90. The Morgan fingerprint density at radius 2 is 2.22 bits per heavy atom. The minimum Gasteiger partial charge on any atom is -0.375 e. The quantitative estimate of drug-likeness (QED) is 0.636. The van der Waals surface area contributed by atoms with Crippen molar-refractivity contribution >= 4 is 17.5 Å². The van der Waals surface area contributed by atoms with Gasteiger partial charge in [0.15, 0.2) is 0 Å². The third-order valence-electron chi connectivity index (χ3n) is 2.32. The molecule has 18 heavy (non-hydrogen) atoms. The molecule has 0 saturated heterocycles. The molecule has 3 nitrogen and oxygen atoms in total. The minimum absolute atomic E-state index is 0.131. The Morgan fingerprint density at radius 3 is 2.89 bits per heavy atom. The van der Waals surface area contributed by atoms with Gasteiger partial charge in [-0.15, -0.1) is 0 Å². The van der Waals surface area contributed by atoms with E-state index in [1.54, 1.807) is 12.1 Å². The van der Waals surface area contributed by atoms with Gasteiger partial charge in [-0.05, 0) is 31.5 Å². The zero-order valence-electron chi connectivity index (χ0n) is 10.8. The lowest BCUT2D eigenvalue weighted by molar-refractivity contribution is 0.0926. The molecule has 1 aromatic carbocycles. The molecule has 98 valence electrons. The molecule has 0 fully saturated rings. The van der Waals surface area contributed by atoms with Gasteiger partial charge in [-0.1, -0.05) is 29.8 Å². The van der Waals surface area contributed by atoms with Crippen LogP contribution in [0.4, 0.5) is 0 Å². The lowest BCUT2D eigenvalue weighted by Gasteiger charge is -2.08. The van der Waals surface area contributed by atoms with Gasteiger partial charge in [0, 0.05) is 17.1 Å². The summed E-state index contributed by atoms with van der Waals surface area (Å²) in [6, 6.07) is 5.26. The molecule has 0 unspecified atom stereocenters. The van der Waals surface area contributed by atoms with Crippen molar-refractivity contribution < 1.29 is 9.53 Å². The molecule has 0 aliphatic carbocycles. The molecule has 0 atom stereocenters. The van der Waals surface area contributed by atoms with Crippen molar-refractivity contribution in [3.63, 3.8) is 0 Å². The van der Waals surface area contributed by atoms with Crippen LogP contribution in [0.3, 0.4) is 0 Å². The normalized spacial score (nSPS) is 10.2. The van der Waals surface area contributed by atoms with Crippen LogP contribution < -0.4 is 5.32 Å². The number of rotatable bonds is 6. The summed E-state index contributed by atoms with van der Waals surface area (Å²) in [4.78, 5) is 11.9. The first-order valence-electron chi connectivity index (χ1n) is 5.77. The van der Waals surface area contributed by atoms with Crippen LogP contribution in [0.15, 0.2) is 30.4 Å². The Bertz CT molecular complexity index is 443. The monoisotopic (exact) mass is 267 g/mol. The molecule has 0 aliphatic heterocycles. The molecule has 1 aromatic rings. The molecular formula is C14H18ClNO2. The van der Waals surface area contributed by atoms with Gasteiger partial charge in [-0.3, -0.25) is 4.79 Å². The van der Waals surface area contributed by atoms with Gasteiger partial charge in [0.2, 0.25) is 0 Å². The second kappa shape index (κ2) is 7.19. The van der Waals surface area contributed by atoms with Crippen LogP contribution in [-0.2, 0) is 4.74 Å². The van der Waals surface area contributed by atoms with Crippen LogP contribution >= 0.6 is 11.6 Å². The molecule has 1 rings (SSSR count). The number of hydrogen-bond acceptors (Lipinski definition) is 2. The van der Waals surface area contributed by atoms with Crippen LogP contribution in [0.5, 0.6) is 0 Å². The Kier molecular flexibility index (Phi) is 5.89. The molecule has 1 amide bonds. The summed E-state index contributed by atoms with van der Waals surface area (Å²) in [6.45, 7) is 8.96. The first kappa shape index (κ1) is 14.7. The van der Waals surface area contributed by atoms with E-state index in [0.29, 0.717) is 30.3 Å². The molecule has 0 bridgehead atoms. The molecule has 0 heterocycles. The van der Waals surface area contributed by atoms with Gasteiger partial charge < -0.3 is 10.1 Å². The summed E-state index contributed by atoms with van der Waals surface area (Å²) in [7, 11) is 0. The van der Waals surface area contributed by atoms with Crippen molar-refractivity contribution in [1.82, 2.24) is 5.32 Å². The van der Waals surface area contributed by atoms with E-state index >= 15 is 0 Å². The van der Waals surface area contributed by atoms with E-state index in [0.717, 1.165) is 11.1 Å². The number of amides is 1. The van der Waals surface area contributed by atoms with Gasteiger partial charge >= 0.3 is 0 Å². The first-order valence-corrected chi connectivity index (χ1v) is 6.15. The topological polar surface area (TPSA) is 38.3 Å². The Balaban J connectivity index is 2.41. The first-order chi connectivity index (χ1) is 8.50. The molecule has 0 aromatic heterocycles. The maximum absolute atomic E-state index is 11.9. The fraction of sp³-hybridized carbons (Fsp3) is 0.357. The number of benzene rings is 1. The Labute approximate surface area is 113 Å². The number of ether oxygens (including phenoxy) is 1. The average molecular weight is 268 g/mol. The predicted octanol–water partition coefficient (Wildman–Crippen LogP) is 2.97. The van der Waals surface area contributed by atoms with Crippen molar-refractivity contribution in [1.29, 1.82) is 0 Å². The molecule has 0 radical (unpaired) electrons. The second-order valence-corrected chi connectivity index (χ2v) is 4.66. The summed E-state index contributed by atoms with van der Waals surface area (Å²) in [6.07, 6.45) is 0. The highest BCUT2D eigenvalue weighted by Crippen LogP contribution is 2.15. The number of aryl methyl sites for hydroxylation is 1. The van der Waals surface area contributed by atoms with Crippen LogP contribution in [0, 0.1) is 6.92 Å². The lowest BCUT2D eigenvalue weighted by Crippen LogP contribution is -2.28. The van der Waals surface area contributed by atoms with Crippen LogP contribution in [0.1, 0.15) is 22.8 Å². The van der Waals surface area contributed by atoms with E-state index in [4.69, 9.17) is 16.3 Å². The zero-order valence-corrected chi connectivity index (χ0v) is 11.5. The summed E-state index contributed by atoms with van der Waals surface area (Å²) in [5, 5.41) is 3.35. The summed E-state index contributed by atoms with van der Waals surface area (Å²) >= 11 is 5.87. The van der Waals surface area contributed by atoms with Crippen molar-refractivity contribution in [2.75, 3.05) is 19.8 Å². The van der Waals surface area contributed by atoms with Gasteiger partial charge in [0.25, 0.3) is 5.91 Å². The van der Waals surface area contributed by atoms with E-state index in [1.807, 2.05) is 19.9 Å². The van der Waals surface area contributed by atoms with E-state index in [2.05, 4.69) is 11.9 Å². The van der Waals surface area contributed by atoms with Gasteiger partial charge in [-0.2, -0.15) is 0 Å². The van der Waals surface area contributed by atoms with Gasteiger partial charge in [0.05, 0.1) is 13.2 Å². The van der Waals surface area contributed by atoms with Crippen LogP contribution in [-0.4, -0.2) is 25.7 Å². The molecule has 4 heteroatoms. The van der Waals surface area contributed by atoms with E-state index in [1.165, 1.54) is 0 Å². The van der Waals surface area contributed by atoms with Gasteiger partial charge in [-0.25, -0.2) is 0 Å². The molecular weight excluding hydrogens is 250 g/mol. The highest BCUT2D eigenvalue weighted by molar-refractivity contribution is 6.31. The fourth-order valence-corrected chi connectivity index (χ4v) is 1.59. The third-order valence-corrected chi connectivity index (χ3v) is 2.56. The highest BCUT2D eigenvalue weighted by atomic mass is 35.5. The number of hydrogen-bond donors (Lipinski definition) is 1. The average Bonchev–Trinajstić information content (AvgIpc) is 2.31. The molecule has 0 aliphatic rings. The lowest BCUT2D eigenvalue weighted by atomic mass is 10.1. The zero-order chi connectivity index (χ0) is 13.5. The summed E-state index contributed by atoms with van der Waals surface area (Å²) < 4.78 is 5.29. The Hall–Kier alpha value is -1.32. The van der Waals surface area contributed by atoms with E-state index in [-0.39, 0.29) is 5.91 Å². The van der Waals surface area contributed by atoms with Crippen LogP contribution in [0.2, 0.25) is 5.02 Å². The highest BCUT2D eigenvalue weighted by Gasteiger charge is 2.08.